The summed E-state index contributed by atoms with van der Waals surface area (Å²) < 4.78 is 5.52. The molecule has 0 aromatic carbocycles. The van der Waals surface area contributed by atoms with E-state index in [2.05, 4.69) is 49.2 Å². The molecule has 3 unspecified atom stereocenters. The maximum Gasteiger partial charge on any atom is 0.122 e. The van der Waals surface area contributed by atoms with Crippen LogP contribution in [0.1, 0.15) is 25.1 Å². The van der Waals surface area contributed by atoms with Gasteiger partial charge in [0.15, 0.2) is 0 Å². The zero-order valence-electron chi connectivity index (χ0n) is 11.9. The van der Waals surface area contributed by atoms with E-state index in [1.165, 1.54) is 6.42 Å². The van der Waals surface area contributed by atoms with E-state index in [9.17, 15) is 0 Å². The number of likely N-dealkylation sites (N-methyl/N-ethyl adjacent to an activating group) is 2. The lowest BCUT2D eigenvalue weighted by Crippen LogP contribution is -2.38. The standard InChI is InChI=1S/C14H25N3O/c1-11-8-12(10-17(11)4)15-9-13(16(2)3)14-6-5-7-18-14/h5-7,11-13,15H,8-10H2,1-4H3. The van der Waals surface area contributed by atoms with Crippen LogP contribution in [0.4, 0.5) is 0 Å². The van der Waals surface area contributed by atoms with Crippen LogP contribution in [-0.4, -0.2) is 56.1 Å². The Morgan fingerprint density at radius 1 is 1.56 bits per heavy atom. The van der Waals surface area contributed by atoms with Crippen molar-refractivity contribution < 1.29 is 4.42 Å². The van der Waals surface area contributed by atoms with Gasteiger partial charge in [0.25, 0.3) is 0 Å². The summed E-state index contributed by atoms with van der Waals surface area (Å²) in [5.41, 5.74) is 0. The highest BCUT2D eigenvalue weighted by Gasteiger charge is 2.27. The van der Waals surface area contributed by atoms with Crippen LogP contribution in [-0.2, 0) is 0 Å². The summed E-state index contributed by atoms with van der Waals surface area (Å²) in [5, 5.41) is 3.67. The third-order valence-corrected chi connectivity index (χ3v) is 3.98. The van der Waals surface area contributed by atoms with Crippen molar-refractivity contribution in [2.24, 2.45) is 0 Å². The first-order valence-electron chi connectivity index (χ1n) is 6.71. The summed E-state index contributed by atoms with van der Waals surface area (Å²) in [5.74, 6) is 1.03. The third-order valence-electron chi connectivity index (χ3n) is 3.98. The third kappa shape index (κ3) is 3.13. The lowest BCUT2D eigenvalue weighted by molar-refractivity contribution is 0.243. The fourth-order valence-corrected chi connectivity index (χ4v) is 2.64. The summed E-state index contributed by atoms with van der Waals surface area (Å²) >= 11 is 0. The van der Waals surface area contributed by atoms with Gasteiger partial charge in [-0.3, -0.25) is 4.90 Å². The van der Waals surface area contributed by atoms with Crippen LogP contribution in [0.3, 0.4) is 0 Å². The molecule has 18 heavy (non-hydrogen) atoms. The van der Waals surface area contributed by atoms with Gasteiger partial charge in [0.2, 0.25) is 0 Å². The molecule has 1 saturated heterocycles. The molecule has 0 aliphatic carbocycles. The van der Waals surface area contributed by atoms with Gasteiger partial charge in [-0.05, 0) is 46.6 Å². The van der Waals surface area contributed by atoms with E-state index < -0.39 is 0 Å². The van der Waals surface area contributed by atoms with Crippen LogP contribution >= 0.6 is 0 Å². The van der Waals surface area contributed by atoms with Crippen molar-refractivity contribution in [1.29, 1.82) is 0 Å². The molecule has 0 spiro atoms. The molecule has 1 aromatic heterocycles. The summed E-state index contributed by atoms with van der Waals surface area (Å²) in [6, 6.07) is 5.60. The summed E-state index contributed by atoms with van der Waals surface area (Å²) in [7, 11) is 6.39. The number of nitrogens with zero attached hydrogens (tertiary/aromatic N) is 2. The normalized spacial score (nSPS) is 26.9. The average Bonchev–Trinajstić information content (AvgIpc) is 2.90. The second kappa shape index (κ2) is 5.87. The molecule has 4 nitrogen and oxygen atoms in total. The van der Waals surface area contributed by atoms with Crippen LogP contribution in [0.25, 0.3) is 0 Å². The Hall–Kier alpha value is -0.840. The molecular formula is C14H25N3O. The van der Waals surface area contributed by atoms with Gasteiger partial charge in [-0.1, -0.05) is 0 Å². The highest BCUT2D eigenvalue weighted by Crippen LogP contribution is 2.20. The fourth-order valence-electron chi connectivity index (χ4n) is 2.64. The fraction of sp³-hybridized carbons (Fsp3) is 0.714. The SMILES string of the molecule is CC1CC(NCC(c2ccco2)N(C)C)CN1C. The zero-order valence-corrected chi connectivity index (χ0v) is 11.9. The maximum atomic E-state index is 5.52. The number of hydrogen-bond donors (Lipinski definition) is 1. The van der Waals surface area contributed by atoms with E-state index in [-0.39, 0.29) is 0 Å². The highest BCUT2D eigenvalue weighted by molar-refractivity contribution is 5.05. The van der Waals surface area contributed by atoms with Gasteiger partial charge in [0.1, 0.15) is 5.76 Å². The van der Waals surface area contributed by atoms with Gasteiger partial charge in [0.05, 0.1) is 12.3 Å². The van der Waals surface area contributed by atoms with Gasteiger partial charge >= 0.3 is 0 Å². The summed E-state index contributed by atoms with van der Waals surface area (Å²) in [6.45, 7) is 4.36. The Labute approximate surface area is 110 Å². The number of likely N-dealkylation sites (tertiary alicyclic amines) is 1. The lowest BCUT2D eigenvalue weighted by Gasteiger charge is -2.24. The Bertz CT molecular complexity index is 340. The van der Waals surface area contributed by atoms with Crippen LogP contribution in [0.2, 0.25) is 0 Å². The van der Waals surface area contributed by atoms with E-state index >= 15 is 0 Å². The minimum Gasteiger partial charge on any atom is -0.468 e. The van der Waals surface area contributed by atoms with Crippen molar-refractivity contribution in [3.05, 3.63) is 24.2 Å². The van der Waals surface area contributed by atoms with E-state index in [0.29, 0.717) is 18.1 Å². The molecule has 4 heteroatoms. The number of furan rings is 1. The van der Waals surface area contributed by atoms with Crippen molar-refractivity contribution >= 4 is 0 Å². The molecular weight excluding hydrogens is 226 g/mol. The number of nitrogens with one attached hydrogen (secondary N) is 1. The molecule has 0 radical (unpaired) electrons. The Kier molecular flexibility index (Phi) is 4.43. The molecule has 1 aliphatic rings. The van der Waals surface area contributed by atoms with Gasteiger partial charge in [0, 0.05) is 25.2 Å². The van der Waals surface area contributed by atoms with Crippen LogP contribution < -0.4 is 5.32 Å². The van der Waals surface area contributed by atoms with E-state index in [4.69, 9.17) is 4.42 Å². The first kappa shape index (κ1) is 13.6. The molecule has 1 aromatic rings. The topological polar surface area (TPSA) is 31.7 Å². The van der Waals surface area contributed by atoms with E-state index in [1.54, 1.807) is 6.26 Å². The first-order chi connectivity index (χ1) is 8.58. The minimum atomic E-state index is 0.307. The van der Waals surface area contributed by atoms with Crippen molar-refractivity contribution in [3.63, 3.8) is 0 Å². The molecule has 2 rings (SSSR count). The minimum absolute atomic E-state index is 0.307. The lowest BCUT2D eigenvalue weighted by atomic mass is 10.1. The van der Waals surface area contributed by atoms with Crippen LogP contribution in [0, 0.1) is 0 Å². The molecule has 3 atom stereocenters. The predicted octanol–water partition coefficient (Wildman–Crippen LogP) is 1.56. The molecule has 0 saturated carbocycles. The molecule has 0 bridgehead atoms. The van der Waals surface area contributed by atoms with Crippen molar-refractivity contribution in [3.8, 4) is 0 Å². The van der Waals surface area contributed by atoms with Crippen molar-refractivity contribution in [2.75, 3.05) is 34.2 Å². The Morgan fingerprint density at radius 2 is 2.33 bits per heavy atom. The summed E-state index contributed by atoms with van der Waals surface area (Å²) in [4.78, 5) is 4.61. The maximum absolute atomic E-state index is 5.52. The molecule has 1 aliphatic heterocycles. The highest BCUT2D eigenvalue weighted by atomic mass is 16.3. The molecule has 102 valence electrons. The largest absolute Gasteiger partial charge is 0.468 e. The Balaban J connectivity index is 1.87. The van der Waals surface area contributed by atoms with Gasteiger partial charge in [-0.2, -0.15) is 0 Å². The second-order valence-electron chi connectivity index (χ2n) is 5.62. The van der Waals surface area contributed by atoms with Gasteiger partial charge in [-0.25, -0.2) is 0 Å². The monoisotopic (exact) mass is 251 g/mol. The Morgan fingerprint density at radius 3 is 2.83 bits per heavy atom. The quantitative estimate of drug-likeness (QED) is 0.861. The molecule has 1 fully saturated rings. The van der Waals surface area contributed by atoms with Gasteiger partial charge in [-0.15, -0.1) is 0 Å². The number of hydrogen-bond acceptors (Lipinski definition) is 4. The molecule has 0 amide bonds. The molecule has 2 heterocycles. The van der Waals surface area contributed by atoms with E-state index in [1.807, 2.05) is 6.07 Å². The second-order valence-corrected chi connectivity index (χ2v) is 5.62. The van der Waals surface area contributed by atoms with Crippen LogP contribution in [0.5, 0.6) is 0 Å². The van der Waals surface area contributed by atoms with Gasteiger partial charge < -0.3 is 14.6 Å². The van der Waals surface area contributed by atoms with Crippen molar-refractivity contribution in [1.82, 2.24) is 15.1 Å². The first-order valence-corrected chi connectivity index (χ1v) is 6.71. The smallest absolute Gasteiger partial charge is 0.122 e. The van der Waals surface area contributed by atoms with E-state index in [0.717, 1.165) is 18.8 Å². The van der Waals surface area contributed by atoms with Crippen molar-refractivity contribution in [2.45, 2.75) is 31.5 Å². The predicted molar refractivity (Wildman–Crippen MR) is 73.6 cm³/mol. The average molecular weight is 251 g/mol. The molecule has 1 N–H and O–H groups in total. The van der Waals surface area contributed by atoms with Crippen LogP contribution in [0.15, 0.2) is 22.8 Å². The summed E-state index contributed by atoms with van der Waals surface area (Å²) in [6.07, 6.45) is 2.98. The number of rotatable bonds is 5. The zero-order chi connectivity index (χ0) is 13.1.